The van der Waals surface area contributed by atoms with E-state index in [0.29, 0.717) is 25.3 Å². The minimum absolute atomic E-state index is 0.0726. The van der Waals surface area contributed by atoms with E-state index in [1.54, 1.807) is 7.05 Å². The first-order valence-corrected chi connectivity index (χ1v) is 6.14. The summed E-state index contributed by atoms with van der Waals surface area (Å²) in [6.07, 6.45) is 2.75. The van der Waals surface area contributed by atoms with Gasteiger partial charge in [-0.25, -0.2) is 0 Å². The van der Waals surface area contributed by atoms with E-state index in [4.69, 9.17) is 5.11 Å². The lowest BCUT2D eigenvalue weighted by Gasteiger charge is -2.11. The van der Waals surface area contributed by atoms with Crippen LogP contribution in [0.5, 0.6) is 0 Å². The number of likely N-dealkylation sites (N-methyl/N-ethyl adjacent to an activating group) is 1. The number of aliphatic carboxylic acids is 1. The zero-order chi connectivity index (χ0) is 13.3. The highest BCUT2D eigenvalue weighted by Crippen LogP contribution is 2.01. The highest BCUT2D eigenvalue weighted by Gasteiger charge is 2.13. The summed E-state index contributed by atoms with van der Waals surface area (Å²) < 4.78 is 0. The van der Waals surface area contributed by atoms with Gasteiger partial charge in [-0.2, -0.15) is 0 Å². The van der Waals surface area contributed by atoms with Crippen LogP contribution in [0.1, 0.15) is 39.5 Å². The molecule has 0 spiro atoms. The normalized spacial score (nSPS) is 12.5. The van der Waals surface area contributed by atoms with Crippen molar-refractivity contribution in [3.8, 4) is 0 Å². The molecule has 0 unspecified atom stereocenters. The van der Waals surface area contributed by atoms with Gasteiger partial charge in [-0.1, -0.05) is 13.8 Å². The van der Waals surface area contributed by atoms with Gasteiger partial charge in [0.1, 0.15) is 6.04 Å². The van der Waals surface area contributed by atoms with Crippen molar-refractivity contribution in [3.05, 3.63) is 0 Å². The van der Waals surface area contributed by atoms with Crippen molar-refractivity contribution in [2.75, 3.05) is 13.6 Å². The van der Waals surface area contributed by atoms with Crippen LogP contribution in [0.2, 0.25) is 0 Å². The quantitative estimate of drug-likeness (QED) is 0.529. The number of unbranched alkanes of at least 4 members (excludes halogenated alkanes) is 1. The smallest absolute Gasteiger partial charge is 0.320 e. The van der Waals surface area contributed by atoms with Crippen molar-refractivity contribution in [2.24, 2.45) is 5.92 Å². The Labute approximate surface area is 103 Å². The van der Waals surface area contributed by atoms with Gasteiger partial charge in [0.25, 0.3) is 0 Å². The monoisotopic (exact) mass is 244 g/mol. The topological polar surface area (TPSA) is 78.4 Å². The Morgan fingerprint density at radius 2 is 1.88 bits per heavy atom. The average Bonchev–Trinajstić information content (AvgIpc) is 2.21. The number of carbonyl (C=O) groups is 2. The molecule has 0 aliphatic rings. The zero-order valence-electron chi connectivity index (χ0n) is 11.0. The fourth-order valence-corrected chi connectivity index (χ4v) is 1.54. The van der Waals surface area contributed by atoms with E-state index in [1.807, 2.05) is 13.8 Å². The molecule has 0 heterocycles. The van der Waals surface area contributed by atoms with Crippen LogP contribution in [0.3, 0.4) is 0 Å². The molecule has 0 aromatic carbocycles. The number of carboxylic acid groups (broad SMARTS) is 1. The Kier molecular flexibility index (Phi) is 8.40. The maximum absolute atomic E-state index is 11.3. The number of nitrogens with one attached hydrogen (secondary N) is 2. The highest BCUT2D eigenvalue weighted by atomic mass is 16.4. The second kappa shape index (κ2) is 8.98. The maximum Gasteiger partial charge on any atom is 0.320 e. The van der Waals surface area contributed by atoms with Crippen LogP contribution in [0.25, 0.3) is 0 Å². The molecule has 5 nitrogen and oxygen atoms in total. The molecule has 5 heteroatoms. The second-order valence-electron chi connectivity index (χ2n) is 4.62. The van der Waals surface area contributed by atoms with Crippen molar-refractivity contribution < 1.29 is 14.7 Å². The molecule has 0 saturated carbocycles. The number of hydrogen-bond acceptors (Lipinski definition) is 3. The maximum atomic E-state index is 11.3. The standard InChI is InChI=1S/C12H24N2O3/c1-9(2)8-11(15)14-7-5-4-6-10(13-3)12(16)17/h9-10,13H,4-8H2,1-3H3,(H,14,15)(H,16,17)/t10-/m1/s1. The van der Waals surface area contributed by atoms with Gasteiger partial charge >= 0.3 is 5.97 Å². The van der Waals surface area contributed by atoms with Gasteiger partial charge in [0.05, 0.1) is 0 Å². The Hall–Kier alpha value is -1.10. The number of carboxylic acids is 1. The van der Waals surface area contributed by atoms with E-state index in [1.165, 1.54) is 0 Å². The molecule has 0 rings (SSSR count). The van der Waals surface area contributed by atoms with E-state index < -0.39 is 12.0 Å². The first kappa shape index (κ1) is 15.9. The molecule has 0 bridgehead atoms. The summed E-state index contributed by atoms with van der Waals surface area (Å²) in [5, 5.41) is 14.4. The summed E-state index contributed by atoms with van der Waals surface area (Å²) in [6, 6.07) is -0.485. The molecule has 1 atom stereocenters. The SMILES string of the molecule is CN[C@H](CCCCNC(=O)CC(C)C)C(=O)O. The summed E-state index contributed by atoms with van der Waals surface area (Å²) >= 11 is 0. The molecule has 1 amide bonds. The lowest BCUT2D eigenvalue weighted by atomic mass is 10.1. The third-order valence-electron chi connectivity index (χ3n) is 2.48. The lowest BCUT2D eigenvalue weighted by Crippen LogP contribution is -2.34. The largest absolute Gasteiger partial charge is 0.480 e. The van der Waals surface area contributed by atoms with Gasteiger partial charge in [-0.15, -0.1) is 0 Å². The number of rotatable bonds is 9. The van der Waals surface area contributed by atoms with Crippen LogP contribution >= 0.6 is 0 Å². The van der Waals surface area contributed by atoms with Crippen molar-refractivity contribution in [3.63, 3.8) is 0 Å². The van der Waals surface area contributed by atoms with E-state index >= 15 is 0 Å². The molecule has 0 aromatic rings. The predicted octanol–water partition coefficient (Wildman–Crippen LogP) is 0.992. The molecule has 0 aromatic heterocycles. The Bertz CT molecular complexity index is 242. The van der Waals surface area contributed by atoms with Crippen molar-refractivity contribution in [1.82, 2.24) is 10.6 Å². The number of carbonyl (C=O) groups excluding carboxylic acids is 1. The minimum atomic E-state index is -0.823. The van der Waals surface area contributed by atoms with Gasteiger partial charge in [-0.05, 0) is 32.2 Å². The van der Waals surface area contributed by atoms with Crippen LogP contribution < -0.4 is 10.6 Å². The molecular weight excluding hydrogens is 220 g/mol. The first-order chi connectivity index (χ1) is 7.97. The van der Waals surface area contributed by atoms with E-state index in [-0.39, 0.29) is 5.91 Å². The van der Waals surface area contributed by atoms with Gasteiger partial charge in [0.15, 0.2) is 0 Å². The third-order valence-corrected chi connectivity index (χ3v) is 2.48. The molecule has 17 heavy (non-hydrogen) atoms. The van der Waals surface area contributed by atoms with Crippen molar-refractivity contribution >= 4 is 11.9 Å². The molecule has 0 radical (unpaired) electrons. The Morgan fingerprint density at radius 3 is 2.35 bits per heavy atom. The average molecular weight is 244 g/mol. The van der Waals surface area contributed by atoms with E-state index in [9.17, 15) is 9.59 Å². The zero-order valence-corrected chi connectivity index (χ0v) is 11.0. The van der Waals surface area contributed by atoms with Gasteiger partial charge in [0.2, 0.25) is 5.91 Å². The van der Waals surface area contributed by atoms with Crippen LogP contribution in [-0.2, 0) is 9.59 Å². The van der Waals surface area contributed by atoms with Crippen LogP contribution in [-0.4, -0.2) is 36.6 Å². The molecule has 100 valence electrons. The first-order valence-electron chi connectivity index (χ1n) is 6.14. The van der Waals surface area contributed by atoms with Gasteiger partial charge in [-0.3, -0.25) is 9.59 Å². The molecule has 3 N–H and O–H groups in total. The summed E-state index contributed by atoms with van der Waals surface area (Å²) in [5.74, 6) is -0.379. The van der Waals surface area contributed by atoms with Crippen molar-refractivity contribution in [1.29, 1.82) is 0 Å². The summed E-state index contributed by atoms with van der Waals surface area (Å²) in [6.45, 7) is 4.63. The van der Waals surface area contributed by atoms with Crippen LogP contribution in [0.4, 0.5) is 0 Å². The molecule has 0 fully saturated rings. The fourth-order valence-electron chi connectivity index (χ4n) is 1.54. The van der Waals surface area contributed by atoms with E-state index in [0.717, 1.165) is 12.8 Å². The Balaban J connectivity index is 3.52. The fraction of sp³-hybridized carbons (Fsp3) is 0.833. The summed E-state index contributed by atoms with van der Waals surface area (Å²) in [4.78, 5) is 22.0. The molecule has 0 aliphatic carbocycles. The molecule has 0 aliphatic heterocycles. The van der Waals surface area contributed by atoms with Crippen molar-refractivity contribution in [2.45, 2.75) is 45.6 Å². The molecular formula is C12H24N2O3. The van der Waals surface area contributed by atoms with Crippen LogP contribution in [0.15, 0.2) is 0 Å². The summed E-state index contributed by atoms with van der Waals surface area (Å²) in [5.41, 5.74) is 0. The van der Waals surface area contributed by atoms with Gasteiger partial charge in [0, 0.05) is 13.0 Å². The predicted molar refractivity (Wildman–Crippen MR) is 66.8 cm³/mol. The molecule has 0 saturated heterocycles. The Morgan fingerprint density at radius 1 is 1.24 bits per heavy atom. The van der Waals surface area contributed by atoms with Crippen LogP contribution in [0, 0.1) is 5.92 Å². The summed E-state index contributed by atoms with van der Waals surface area (Å²) in [7, 11) is 1.64. The minimum Gasteiger partial charge on any atom is -0.480 e. The number of amides is 1. The second-order valence-corrected chi connectivity index (χ2v) is 4.62. The highest BCUT2D eigenvalue weighted by molar-refractivity contribution is 5.76. The van der Waals surface area contributed by atoms with E-state index in [2.05, 4.69) is 10.6 Å². The third kappa shape index (κ3) is 8.68. The van der Waals surface area contributed by atoms with Gasteiger partial charge < -0.3 is 15.7 Å². The lowest BCUT2D eigenvalue weighted by molar-refractivity contribution is -0.139. The number of hydrogen-bond donors (Lipinski definition) is 3.